The number of hydrogen-bond acceptors (Lipinski definition) is 6. The number of likely N-dealkylation sites (tertiary alicyclic amines) is 1. The average Bonchev–Trinajstić information content (AvgIpc) is 3.16. The molecule has 2 aliphatic heterocycles. The molecule has 2 fully saturated rings. The summed E-state index contributed by atoms with van der Waals surface area (Å²) < 4.78 is 6.48. The molecule has 1 aromatic rings. The highest BCUT2D eigenvalue weighted by atomic mass is 16.5. The van der Waals surface area contributed by atoms with Crippen LogP contribution in [0.5, 0.6) is 0 Å². The zero-order valence-corrected chi connectivity index (χ0v) is 12.5. The van der Waals surface area contributed by atoms with Crippen molar-refractivity contribution in [1.29, 1.82) is 0 Å². The first-order valence-corrected chi connectivity index (χ1v) is 7.69. The third-order valence-electron chi connectivity index (χ3n) is 4.50. The molecule has 1 N–H and O–H groups in total. The molecule has 0 saturated carbocycles. The molecule has 1 unspecified atom stereocenters. The summed E-state index contributed by atoms with van der Waals surface area (Å²) in [5.74, 6) is 0.386. The third kappa shape index (κ3) is 3.41. The number of hydrogen-bond donors (Lipinski definition) is 1. The molecule has 1 atom stereocenters. The van der Waals surface area contributed by atoms with Crippen molar-refractivity contribution in [2.24, 2.45) is 5.92 Å². The zero-order valence-electron chi connectivity index (χ0n) is 12.5. The highest BCUT2D eigenvalue weighted by Gasteiger charge is 2.27. The molecule has 7 nitrogen and oxygen atoms in total. The summed E-state index contributed by atoms with van der Waals surface area (Å²) in [4.78, 5) is 13.9. The number of nitrogens with zero attached hydrogens (tertiary/aromatic N) is 4. The maximum absolute atomic E-state index is 11.4. The predicted molar refractivity (Wildman–Crippen MR) is 77.0 cm³/mol. The summed E-state index contributed by atoms with van der Waals surface area (Å²) in [6, 6.07) is 0.317. The van der Waals surface area contributed by atoms with Crippen LogP contribution in [0.25, 0.3) is 0 Å². The minimum absolute atomic E-state index is 0.286. The second-order valence-corrected chi connectivity index (χ2v) is 5.97. The van der Waals surface area contributed by atoms with E-state index in [4.69, 9.17) is 0 Å². The van der Waals surface area contributed by atoms with E-state index in [0.717, 1.165) is 38.5 Å². The van der Waals surface area contributed by atoms with Crippen LogP contribution < -0.4 is 5.32 Å². The van der Waals surface area contributed by atoms with Crippen LogP contribution in [0.3, 0.4) is 0 Å². The Morgan fingerprint density at radius 2 is 2.24 bits per heavy atom. The SMILES string of the molecule is COC(=O)c1cn(C2CCN(CC3CCNCC3)C2)nn1. The normalized spacial score (nSPS) is 24.3. The Hall–Kier alpha value is -1.47. The fourth-order valence-electron chi connectivity index (χ4n) is 3.28. The van der Waals surface area contributed by atoms with E-state index in [1.165, 1.54) is 26.5 Å². The summed E-state index contributed by atoms with van der Waals surface area (Å²) in [7, 11) is 1.36. The predicted octanol–water partition coefficient (Wildman–Crippen LogP) is 0.311. The van der Waals surface area contributed by atoms with Gasteiger partial charge in [0, 0.05) is 19.6 Å². The van der Waals surface area contributed by atoms with Crippen LogP contribution in [0.2, 0.25) is 0 Å². The Bertz CT molecular complexity index is 483. The van der Waals surface area contributed by atoms with Crippen LogP contribution in [0.15, 0.2) is 6.20 Å². The summed E-state index contributed by atoms with van der Waals surface area (Å²) in [6.45, 7) is 5.56. The van der Waals surface area contributed by atoms with Crippen molar-refractivity contribution in [2.75, 3.05) is 39.8 Å². The van der Waals surface area contributed by atoms with Crippen molar-refractivity contribution in [3.8, 4) is 0 Å². The topological polar surface area (TPSA) is 72.3 Å². The second-order valence-electron chi connectivity index (χ2n) is 5.97. The summed E-state index contributed by atoms with van der Waals surface area (Å²) in [6.07, 6.45) is 5.31. The van der Waals surface area contributed by atoms with E-state index in [1.54, 1.807) is 6.20 Å². The smallest absolute Gasteiger partial charge is 0.360 e. The lowest BCUT2D eigenvalue weighted by molar-refractivity contribution is 0.0594. The number of aromatic nitrogens is 3. The van der Waals surface area contributed by atoms with E-state index in [-0.39, 0.29) is 5.69 Å². The first-order chi connectivity index (χ1) is 10.3. The van der Waals surface area contributed by atoms with Crippen molar-refractivity contribution in [1.82, 2.24) is 25.2 Å². The quantitative estimate of drug-likeness (QED) is 0.806. The monoisotopic (exact) mass is 293 g/mol. The van der Waals surface area contributed by atoms with Crippen molar-refractivity contribution in [3.05, 3.63) is 11.9 Å². The van der Waals surface area contributed by atoms with Crippen LogP contribution in [-0.2, 0) is 4.74 Å². The van der Waals surface area contributed by atoms with Gasteiger partial charge in [0.2, 0.25) is 0 Å². The molecule has 21 heavy (non-hydrogen) atoms. The Balaban J connectivity index is 1.54. The van der Waals surface area contributed by atoms with Gasteiger partial charge in [-0.1, -0.05) is 5.21 Å². The van der Waals surface area contributed by atoms with Crippen LogP contribution >= 0.6 is 0 Å². The molecule has 3 heterocycles. The molecule has 0 amide bonds. The molecule has 0 aliphatic carbocycles. The molecule has 0 radical (unpaired) electrons. The maximum atomic E-state index is 11.4. The number of carbonyl (C=O) groups is 1. The van der Waals surface area contributed by atoms with Gasteiger partial charge < -0.3 is 15.0 Å². The van der Waals surface area contributed by atoms with Gasteiger partial charge >= 0.3 is 5.97 Å². The lowest BCUT2D eigenvalue weighted by atomic mass is 9.98. The number of piperidine rings is 1. The van der Waals surface area contributed by atoms with E-state index >= 15 is 0 Å². The largest absolute Gasteiger partial charge is 0.464 e. The molecule has 2 aliphatic rings. The molecule has 0 bridgehead atoms. The Morgan fingerprint density at radius 3 is 3.00 bits per heavy atom. The van der Waals surface area contributed by atoms with Crippen LogP contribution in [0.1, 0.15) is 35.8 Å². The van der Waals surface area contributed by atoms with Crippen LogP contribution in [0, 0.1) is 5.92 Å². The van der Waals surface area contributed by atoms with Gasteiger partial charge in [0.25, 0.3) is 0 Å². The van der Waals surface area contributed by atoms with Gasteiger partial charge in [-0.3, -0.25) is 0 Å². The van der Waals surface area contributed by atoms with Gasteiger partial charge in [-0.25, -0.2) is 9.48 Å². The first kappa shape index (κ1) is 14.5. The fraction of sp³-hybridized carbons (Fsp3) is 0.786. The third-order valence-corrected chi connectivity index (χ3v) is 4.50. The van der Waals surface area contributed by atoms with E-state index in [2.05, 4.69) is 25.3 Å². The molecular formula is C14H23N5O2. The molecule has 0 spiro atoms. The minimum Gasteiger partial charge on any atom is -0.464 e. The number of esters is 1. The first-order valence-electron chi connectivity index (χ1n) is 7.69. The summed E-state index contributed by atoms with van der Waals surface area (Å²) in [5.41, 5.74) is 0.286. The van der Waals surface area contributed by atoms with Gasteiger partial charge in [-0.2, -0.15) is 0 Å². The van der Waals surface area contributed by atoms with Crippen molar-refractivity contribution in [3.63, 3.8) is 0 Å². The molecule has 7 heteroatoms. The number of rotatable bonds is 4. The Morgan fingerprint density at radius 1 is 1.43 bits per heavy atom. The molecule has 2 saturated heterocycles. The second kappa shape index (κ2) is 6.53. The van der Waals surface area contributed by atoms with Gasteiger partial charge in [0.15, 0.2) is 5.69 Å². The molecule has 1 aromatic heterocycles. The van der Waals surface area contributed by atoms with Crippen LogP contribution in [0.4, 0.5) is 0 Å². The lowest BCUT2D eigenvalue weighted by Crippen LogP contribution is -2.35. The standard InChI is InChI=1S/C14H23N5O2/c1-21-14(20)13-10-19(17-16-13)12-4-7-18(9-12)8-11-2-5-15-6-3-11/h10-12,15H,2-9H2,1H3. The van der Waals surface area contributed by atoms with Gasteiger partial charge in [0.1, 0.15) is 0 Å². The number of methoxy groups -OCH3 is 1. The van der Waals surface area contributed by atoms with E-state index in [0.29, 0.717) is 6.04 Å². The van der Waals surface area contributed by atoms with E-state index < -0.39 is 5.97 Å². The molecule has 0 aromatic carbocycles. The highest BCUT2D eigenvalue weighted by Crippen LogP contribution is 2.23. The van der Waals surface area contributed by atoms with Gasteiger partial charge in [0.05, 0.1) is 19.3 Å². The maximum Gasteiger partial charge on any atom is 0.360 e. The van der Waals surface area contributed by atoms with Crippen molar-refractivity contribution >= 4 is 5.97 Å². The summed E-state index contributed by atoms with van der Waals surface area (Å²) >= 11 is 0. The molecule has 116 valence electrons. The van der Waals surface area contributed by atoms with Gasteiger partial charge in [-0.05, 0) is 38.3 Å². The minimum atomic E-state index is -0.425. The molecule has 3 rings (SSSR count). The number of nitrogens with one attached hydrogen (secondary N) is 1. The number of ether oxygens (including phenoxy) is 1. The summed E-state index contributed by atoms with van der Waals surface area (Å²) in [5, 5.41) is 11.4. The highest BCUT2D eigenvalue weighted by molar-refractivity contribution is 5.86. The van der Waals surface area contributed by atoms with Crippen molar-refractivity contribution in [2.45, 2.75) is 25.3 Å². The average molecular weight is 293 g/mol. The zero-order chi connectivity index (χ0) is 14.7. The number of carbonyl (C=O) groups excluding carboxylic acids is 1. The van der Waals surface area contributed by atoms with Gasteiger partial charge in [-0.15, -0.1) is 5.10 Å². The Labute approximate surface area is 124 Å². The van der Waals surface area contributed by atoms with E-state index in [1.807, 2.05) is 4.68 Å². The molecular weight excluding hydrogens is 270 g/mol. The van der Waals surface area contributed by atoms with Crippen molar-refractivity contribution < 1.29 is 9.53 Å². The lowest BCUT2D eigenvalue weighted by Gasteiger charge is -2.27. The Kier molecular flexibility index (Phi) is 4.50. The fourth-order valence-corrected chi connectivity index (χ4v) is 3.28. The van der Waals surface area contributed by atoms with E-state index in [9.17, 15) is 4.79 Å². The van der Waals surface area contributed by atoms with Crippen LogP contribution in [-0.4, -0.2) is 65.7 Å².